The number of nitrogens with zero attached hydrogens (tertiary/aromatic N) is 1. The monoisotopic (exact) mass is 350 g/mol. The molecule has 0 aliphatic heterocycles. The maximum absolute atomic E-state index is 13.5. The fourth-order valence-corrected chi connectivity index (χ4v) is 2.34. The maximum Gasteiger partial charge on any atom is 0.323 e. The van der Waals surface area contributed by atoms with Crippen LogP contribution in [0.3, 0.4) is 0 Å². The number of halogens is 2. The molecule has 0 fully saturated rings. The number of fused-ring (bicyclic) bond motifs is 1. The first kappa shape index (κ1) is 13.5. The van der Waals surface area contributed by atoms with Crippen LogP contribution in [-0.4, -0.2) is 20.9 Å². The lowest BCUT2D eigenvalue weighted by Crippen LogP contribution is -2.14. The molecule has 8 heteroatoms. The van der Waals surface area contributed by atoms with Crippen molar-refractivity contribution in [1.82, 2.24) is 15.0 Å². The largest absolute Gasteiger partial charge is 0.323 e. The van der Waals surface area contributed by atoms with Gasteiger partial charge >= 0.3 is 5.69 Å². The molecule has 0 unspecified atom stereocenters. The van der Waals surface area contributed by atoms with Crippen LogP contribution in [0, 0.1) is 5.95 Å². The zero-order valence-electron chi connectivity index (χ0n) is 10.4. The Kier molecular flexibility index (Phi) is 3.30. The number of benzene rings is 1. The lowest BCUT2D eigenvalue weighted by molar-refractivity contribution is 0.102. The number of aromatic amines is 2. The molecular weight excluding hydrogens is 343 g/mol. The number of rotatable bonds is 2. The Morgan fingerprint density at radius 1 is 1.29 bits per heavy atom. The van der Waals surface area contributed by atoms with Crippen molar-refractivity contribution in [2.45, 2.75) is 0 Å². The van der Waals surface area contributed by atoms with Crippen LogP contribution in [-0.2, 0) is 0 Å². The summed E-state index contributed by atoms with van der Waals surface area (Å²) >= 11 is 3.29. The van der Waals surface area contributed by atoms with Crippen molar-refractivity contribution in [3.05, 3.63) is 56.9 Å². The number of H-pyrrole nitrogens is 2. The highest BCUT2D eigenvalue weighted by Crippen LogP contribution is 2.26. The molecule has 2 aromatic heterocycles. The number of amides is 1. The minimum atomic E-state index is -0.845. The summed E-state index contributed by atoms with van der Waals surface area (Å²) in [7, 11) is 0. The van der Waals surface area contributed by atoms with Gasteiger partial charge in [0.05, 0.1) is 22.3 Å². The number of carbonyl (C=O) groups excluding carboxylic acids is 1. The predicted molar refractivity (Wildman–Crippen MR) is 78.8 cm³/mol. The van der Waals surface area contributed by atoms with Gasteiger partial charge in [-0.1, -0.05) is 0 Å². The van der Waals surface area contributed by atoms with Gasteiger partial charge in [-0.2, -0.15) is 4.39 Å². The van der Waals surface area contributed by atoms with Gasteiger partial charge in [-0.3, -0.25) is 4.79 Å². The standard InChI is InChI=1S/C13H8BrFN4O2/c14-7-4-9-10(19-13(21)18-9)5-8(7)17-12(20)6-2-1-3-16-11(6)15/h1-5H,(H,17,20)(H2,18,19,21). The Labute approximate surface area is 125 Å². The van der Waals surface area contributed by atoms with E-state index in [0.29, 0.717) is 21.2 Å². The third kappa shape index (κ3) is 2.57. The molecule has 0 spiro atoms. The van der Waals surface area contributed by atoms with E-state index in [1.54, 1.807) is 12.1 Å². The quantitative estimate of drug-likeness (QED) is 0.620. The average molecular weight is 351 g/mol. The number of hydrogen-bond acceptors (Lipinski definition) is 3. The molecule has 3 N–H and O–H groups in total. The van der Waals surface area contributed by atoms with Crippen molar-refractivity contribution in [2.24, 2.45) is 0 Å². The molecule has 106 valence electrons. The summed E-state index contributed by atoms with van der Waals surface area (Å²) < 4.78 is 14.0. The van der Waals surface area contributed by atoms with E-state index in [9.17, 15) is 14.0 Å². The number of anilines is 1. The fourth-order valence-electron chi connectivity index (χ4n) is 1.90. The van der Waals surface area contributed by atoms with E-state index in [0.717, 1.165) is 0 Å². The Morgan fingerprint density at radius 2 is 2.00 bits per heavy atom. The van der Waals surface area contributed by atoms with Gasteiger partial charge in [-0.05, 0) is 40.2 Å². The molecule has 0 atom stereocenters. The van der Waals surface area contributed by atoms with E-state index < -0.39 is 11.9 Å². The summed E-state index contributed by atoms with van der Waals surface area (Å²) in [6.07, 6.45) is 1.26. The van der Waals surface area contributed by atoms with Crippen LogP contribution in [0.2, 0.25) is 0 Å². The molecule has 21 heavy (non-hydrogen) atoms. The van der Waals surface area contributed by atoms with E-state index in [1.807, 2.05) is 0 Å². The Hall–Kier alpha value is -2.48. The minimum absolute atomic E-state index is 0.160. The number of pyridine rings is 1. The van der Waals surface area contributed by atoms with Gasteiger partial charge in [0.2, 0.25) is 5.95 Å². The molecule has 1 amide bonds. The zero-order chi connectivity index (χ0) is 15.0. The number of carbonyl (C=O) groups is 1. The second kappa shape index (κ2) is 5.13. The predicted octanol–water partition coefficient (Wildman–Crippen LogP) is 2.41. The molecule has 0 aliphatic rings. The second-order valence-electron chi connectivity index (χ2n) is 4.25. The maximum atomic E-state index is 13.5. The summed E-state index contributed by atoms with van der Waals surface area (Å²) in [6.45, 7) is 0. The van der Waals surface area contributed by atoms with E-state index in [-0.39, 0.29) is 11.3 Å². The highest BCUT2D eigenvalue weighted by molar-refractivity contribution is 9.10. The first-order valence-electron chi connectivity index (χ1n) is 5.88. The van der Waals surface area contributed by atoms with Gasteiger partial charge < -0.3 is 15.3 Å². The molecule has 1 aromatic carbocycles. The molecule has 3 aromatic rings. The van der Waals surface area contributed by atoms with Crippen LogP contribution in [0.15, 0.2) is 39.7 Å². The smallest absolute Gasteiger partial charge is 0.321 e. The van der Waals surface area contributed by atoms with Crippen LogP contribution in [0.5, 0.6) is 0 Å². The van der Waals surface area contributed by atoms with Gasteiger partial charge in [0.1, 0.15) is 0 Å². The first-order valence-corrected chi connectivity index (χ1v) is 6.67. The summed E-state index contributed by atoms with van der Waals surface area (Å²) in [5.74, 6) is -1.47. The summed E-state index contributed by atoms with van der Waals surface area (Å²) in [5.41, 5.74) is 1.03. The molecule has 3 rings (SSSR count). The summed E-state index contributed by atoms with van der Waals surface area (Å²) in [4.78, 5) is 31.9. The molecule has 0 radical (unpaired) electrons. The molecule has 6 nitrogen and oxygen atoms in total. The molecular formula is C13H8BrFN4O2. The molecule has 0 saturated heterocycles. The van der Waals surface area contributed by atoms with Crippen molar-refractivity contribution in [1.29, 1.82) is 0 Å². The van der Waals surface area contributed by atoms with Crippen molar-refractivity contribution in [3.8, 4) is 0 Å². The van der Waals surface area contributed by atoms with Gasteiger partial charge in [-0.25, -0.2) is 9.78 Å². The van der Waals surface area contributed by atoms with Crippen LogP contribution >= 0.6 is 15.9 Å². The van der Waals surface area contributed by atoms with Crippen molar-refractivity contribution in [3.63, 3.8) is 0 Å². The van der Waals surface area contributed by atoms with Gasteiger partial charge in [0, 0.05) is 10.7 Å². The zero-order valence-corrected chi connectivity index (χ0v) is 12.0. The lowest BCUT2D eigenvalue weighted by atomic mass is 10.2. The Balaban J connectivity index is 1.98. The molecule has 0 aliphatic carbocycles. The third-order valence-electron chi connectivity index (χ3n) is 2.86. The second-order valence-corrected chi connectivity index (χ2v) is 5.11. The number of hydrogen-bond donors (Lipinski definition) is 3. The van der Waals surface area contributed by atoms with E-state index in [2.05, 4.69) is 36.2 Å². The average Bonchev–Trinajstić information content (AvgIpc) is 2.78. The lowest BCUT2D eigenvalue weighted by Gasteiger charge is -2.08. The van der Waals surface area contributed by atoms with Crippen LogP contribution in [0.1, 0.15) is 10.4 Å². The van der Waals surface area contributed by atoms with Gasteiger partial charge in [-0.15, -0.1) is 0 Å². The van der Waals surface area contributed by atoms with Crippen LogP contribution in [0.25, 0.3) is 11.0 Å². The molecule has 0 saturated carbocycles. The summed E-state index contributed by atoms with van der Waals surface area (Å²) in [6, 6.07) is 6.02. The van der Waals surface area contributed by atoms with E-state index in [4.69, 9.17) is 0 Å². The summed E-state index contributed by atoms with van der Waals surface area (Å²) in [5, 5.41) is 2.57. The van der Waals surface area contributed by atoms with Gasteiger partial charge in [0.15, 0.2) is 0 Å². The topological polar surface area (TPSA) is 90.6 Å². The fraction of sp³-hybridized carbons (Fsp3) is 0. The van der Waals surface area contributed by atoms with E-state index >= 15 is 0 Å². The van der Waals surface area contributed by atoms with Crippen LogP contribution in [0.4, 0.5) is 10.1 Å². The number of nitrogens with one attached hydrogen (secondary N) is 3. The molecule has 2 heterocycles. The van der Waals surface area contributed by atoms with Crippen molar-refractivity contribution >= 4 is 38.6 Å². The molecule has 0 bridgehead atoms. The van der Waals surface area contributed by atoms with Gasteiger partial charge in [0.25, 0.3) is 5.91 Å². The van der Waals surface area contributed by atoms with E-state index in [1.165, 1.54) is 18.3 Å². The SMILES string of the molecule is O=C(Nc1cc2[nH]c(=O)[nH]c2cc1Br)c1cccnc1F. The minimum Gasteiger partial charge on any atom is -0.321 e. The normalized spacial score (nSPS) is 10.8. The Bertz CT molecular complexity index is 903. The first-order chi connectivity index (χ1) is 10.0. The highest BCUT2D eigenvalue weighted by Gasteiger charge is 2.14. The number of aromatic nitrogens is 3. The van der Waals surface area contributed by atoms with Crippen molar-refractivity contribution < 1.29 is 9.18 Å². The highest BCUT2D eigenvalue weighted by atomic mass is 79.9. The van der Waals surface area contributed by atoms with Crippen LogP contribution < -0.4 is 11.0 Å². The Morgan fingerprint density at radius 3 is 2.71 bits per heavy atom. The number of imidazole rings is 1. The van der Waals surface area contributed by atoms with Crippen molar-refractivity contribution in [2.75, 3.05) is 5.32 Å². The third-order valence-corrected chi connectivity index (χ3v) is 3.51.